The number of benzene rings is 1. The summed E-state index contributed by atoms with van der Waals surface area (Å²) in [4.78, 5) is 9.17. The first-order valence-electron chi connectivity index (χ1n) is 10.1. The Hall–Kier alpha value is -2.08. The molecule has 1 saturated heterocycles. The zero-order valence-corrected chi connectivity index (χ0v) is 16.5. The summed E-state index contributed by atoms with van der Waals surface area (Å²) in [6.45, 7) is 10.3. The molecule has 1 aliphatic heterocycles. The van der Waals surface area contributed by atoms with Crippen molar-refractivity contribution in [3.05, 3.63) is 41.7 Å². The summed E-state index contributed by atoms with van der Waals surface area (Å²) in [6.07, 6.45) is 6.43. The second-order valence-electron chi connectivity index (χ2n) is 7.19. The molecule has 27 heavy (non-hydrogen) atoms. The van der Waals surface area contributed by atoms with Crippen molar-refractivity contribution in [3.8, 4) is 0 Å². The molecular formula is C21H32FN5. The molecule has 0 amide bonds. The number of rotatable bonds is 6. The molecule has 0 unspecified atom stereocenters. The van der Waals surface area contributed by atoms with E-state index >= 15 is 0 Å². The fourth-order valence-electron chi connectivity index (χ4n) is 3.63. The van der Waals surface area contributed by atoms with E-state index in [2.05, 4.69) is 51.4 Å². The van der Waals surface area contributed by atoms with Gasteiger partial charge in [0.25, 0.3) is 0 Å². The molecule has 0 saturated carbocycles. The average Bonchev–Trinajstić information content (AvgIpc) is 3.20. The number of halogens is 1. The highest BCUT2D eigenvalue weighted by molar-refractivity contribution is 5.80. The molecule has 148 valence electrons. The third kappa shape index (κ3) is 5.45. The highest BCUT2D eigenvalue weighted by Gasteiger charge is 2.18. The molecule has 1 aliphatic carbocycles. The Morgan fingerprint density at radius 1 is 1.15 bits per heavy atom. The smallest absolute Gasteiger partial charge is 0.191 e. The van der Waals surface area contributed by atoms with E-state index in [0.717, 1.165) is 63.6 Å². The van der Waals surface area contributed by atoms with Crippen LogP contribution in [-0.2, 0) is 6.54 Å². The molecule has 1 fully saturated rings. The predicted octanol–water partition coefficient (Wildman–Crippen LogP) is 2.74. The summed E-state index contributed by atoms with van der Waals surface area (Å²) in [5.74, 6) is 0.650. The average molecular weight is 374 g/mol. The lowest BCUT2D eigenvalue weighted by Crippen LogP contribution is -2.46. The minimum absolute atomic E-state index is 0.148. The van der Waals surface area contributed by atoms with E-state index in [9.17, 15) is 4.39 Å². The summed E-state index contributed by atoms with van der Waals surface area (Å²) in [5, 5.41) is 6.72. The Kier molecular flexibility index (Phi) is 7.10. The minimum Gasteiger partial charge on any atom is -0.367 e. The molecule has 1 aromatic carbocycles. The monoisotopic (exact) mass is 373 g/mol. The van der Waals surface area contributed by atoms with Gasteiger partial charge in [0.1, 0.15) is 5.82 Å². The summed E-state index contributed by atoms with van der Waals surface area (Å²) in [7, 11) is 0. The van der Waals surface area contributed by atoms with Crippen molar-refractivity contribution in [1.29, 1.82) is 0 Å². The van der Waals surface area contributed by atoms with Crippen molar-refractivity contribution in [2.24, 2.45) is 4.99 Å². The van der Waals surface area contributed by atoms with Crippen LogP contribution in [0.2, 0.25) is 0 Å². The highest BCUT2D eigenvalue weighted by atomic mass is 19.1. The first-order chi connectivity index (χ1) is 13.2. The third-order valence-electron chi connectivity index (χ3n) is 5.28. The van der Waals surface area contributed by atoms with Gasteiger partial charge in [0.05, 0.1) is 12.2 Å². The van der Waals surface area contributed by atoms with Gasteiger partial charge in [0.2, 0.25) is 0 Å². The van der Waals surface area contributed by atoms with E-state index in [0.29, 0.717) is 18.3 Å². The molecule has 6 heteroatoms. The van der Waals surface area contributed by atoms with Crippen molar-refractivity contribution in [2.75, 3.05) is 44.2 Å². The molecule has 2 N–H and O–H groups in total. The zero-order chi connectivity index (χ0) is 19.1. The van der Waals surface area contributed by atoms with E-state index in [1.165, 1.54) is 0 Å². The van der Waals surface area contributed by atoms with E-state index < -0.39 is 0 Å². The number of hydrogen-bond acceptors (Lipinski definition) is 3. The van der Waals surface area contributed by atoms with Crippen LogP contribution in [0.1, 0.15) is 32.3 Å². The van der Waals surface area contributed by atoms with Gasteiger partial charge in [-0.15, -0.1) is 0 Å². The molecule has 1 heterocycles. The summed E-state index contributed by atoms with van der Waals surface area (Å²) in [5.41, 5.74) is 1.60. The first-order valence-corrected chi connectivity index (χ1v) is 10.1. The zero-order valence-electron chi connectivity index (χ0n) is 16.5. The van der Waals surface area contributed by atoms with Crippen molar-refractivity contribution in [2.45, 2.75) is 39.3 Å². The molecular weight excluding hydrogens is 341 g/mol. The van der Waals surface area contributed by atoms with E-state index in [1.54, 1.807) is 6.07 Å². The fourth-order valence-corrected chi connectivity index (χ4v) is 3.63. The number of hydrogen-bond donors (Lipinski definition) is 2. The maximum Gasteiger partial charge on any atom is 0.191 e. The molecule has 0 bridgehead atoms. The second kappa shape index (κ2) is 9.74. The number of anilines is 1. The molecule has 0 spiro atoms. The topological polar surface area (TPSA) is 42.9 Å². The lowest BCUT2D eigenvalue weighted by atomic mass is 10.1. The number of guanidine groups is 1. The van der Waals surface area contributed by atoms with Crippen LogP contribution in [0, 0.1) is 5.82 Å². The van der Waals surface area contributed by atoms with E-state index in [4.69, 9.17) is 0 Å². The lowest BCUT2D eigenvalue weighted by Gasteiger charge is -2.35. The van der Waals surface area contributed by atoms with Crippen LogP contribution in [-0.4, -0.2) is 56.2 Å². The van der Waals surface area contributed by atoms with Gasteiger partial charge in [0, 0.05) is 38.8 Å². The minimum atomic E-state index is -0.148. The van der Waals surface area contributed by atoms with E-state index in [1.807, 2.05) is 12.1 Å². The normalized spacial score (nSPS) is 18.9. The molecule has 0 atom stereocenters. The number of aliphatic imine (C=N–C) groups is 1. The maximum absolute atomic E-state index is 14.7. The van der Waals surface area contributed by atoms with Crippen molar-refractivity contribution in [3.63, 3.8) is 0 Å². The predicted molar refractivity (Wildman–Crippen MR) is 111 cm³/mol. The van der Waals surface area contributed by atoms with Crippen molar-refractivity contribution >= 4 is 11.6 Å². The number of nitrogens with one attached hydrogen (secondary N) is 2. The van der Waals surface area contributed by atoms with Gasteiger partial charge in [-0.3, -0.25) is 0 Å². The fraction of sp³-hybridized carbons (Fsp3) is 0.571. The molecule has 2 aliphatic rings. The molecule has 5 nitrogen and oxygen atoms in total. The molecule has 0 aromatic heterocycles. The first kappa shape index (κ1) is 19.7. The molecule has 0 radical (unpaired) electrons. The van der Waals surface area contributed by atoms with Gasteiger partial charge in [0.15, 0.2) is 5.96 Å². The van der Waals surface area contributed by atoms with Crippen LogP contribution in [0.5, 0.6) is 0 Å². The van der Waals surface area contributed by atoms with Gasteiger partial charge in [-0.05, 0) is 44.0 Å². The summed E-state index contributed by atoms with van der Waals surface area (Å²) < 4.78 is 14.7. The van der Waals surface area contributed by atoms with Gasteiger partial charge in [-0.1, -0.05) is 25.1 Å². The second-order valence-corrected chi connectivity index (χ2v) is 7.19. The van der Waals surface area contributed by atoms with Crippen LogP contribution in [0.4, 0.5) is 10.1 Å². The van der Waals surface area contributed by atoms with Crippen molar-refractivity contribution in [1.82, 2.24) is 15.5 Å². The van der Waals surface area contributed by atoms with Gasteiger partial charge in [-0.25, -0.2) is 9.38 Å². The van der Waals surface area contributed by atoms with Crippen LogP contribution < -0.4 is 15.5 Å². The molecule has 3 rings (SSSR count). The van der Waals surface area contributed by atoms with Crippen LogP contribution in [0.25, 0.3) is 0 Å². The van der Waals surface area contributed by atoms with Crippen LogP contribution in [0.15, 0.2) is 35.3 Å². The van der Waals surface area contributed by atoms with Gasteiger partial charge < -0.3 is 20.4 Å². The Balaban J connectivity index is 1.60. The third-order valence-corrected chi connectivity index (χ3v) is 5.28. The van der Waals surface area contributed by atoms with Crippen LogP contribution in [0.3, 0.4) is 0 Å². The largest absolute Gasteiger partial charge is 0.367 e. The van der Waals surface area contributed by atoms with E-state index in [-0.39, 0.29) is 5.82 Å². The Bertz CT molecular complexity index is 657. The summed E-state index contributed by atoms with van der Waals surface area (Å²) >= 11 is 0. The van der Waals surface area contributed by atoms with Gasteiger partial charge >= 0.3 is 0 Å². The quantitative estimate of drug-likeness (QED) is 0.457. The highest BCUT2D eigenvalue weighted by Crippen LogP contribution is 2.22. The van der Waals surface area contributed by atoms with Gasteiger partial charge in [-0.2, -0.15) is 0 Å². The number of piperazine rings is 1. The SMILES string of the molecule is CCNC(=NCc1ccc(N2CCN(CC)CC2)c(F)c1)NC1CC=CC1. The maximum atomic E-state index is 14.7. The Labute approximate surface area is 162 Å². The lowest BCUT2D eigenvalue weighted by molar-refractivity contribution is 0.270. The number of nitrogens with zero attached hydrogens (tertiary/aromatic N) is 3. The Morgan fingerprint density at radius 3 is 2.52 bits per heavy atom. The Morgan fingerprint density at radius 2 is 1.89 bits per heavy atom. The standard InChI is InChI=1S/C21H32FN5/c1-3-23-21(25-18-7-5-6-8-18)24-16-17-9-10-20(19(22)15-17)27-13-11-26(4-2)12-14-27/h5-6,9-10,15,18H,3-4,7-8,11-14,16H2,1-2H3,(H2,23,24,25). The van der Waals surface area contributed by atoms with Crippen molar-refractivity contribution < 1.29 is 4.39 Å². The number of likely N-dealkylation sites (N-methyl/N-ethyl adjacent to an activating group) is 1. The summed E-state index contributed by atoms with van der Waals surface area (Å²) in [6, 6.07) is 5.94. The van der Waals surface area contributed by atoms with Crippen LogP contribution >= 0.6 is 0 Å². The molecule has 1 aromatic rings.